The minimum Gasteiger partial charge on any atom is -0.326 e. The molecule has 1 fully saturated rings. The Bertz CT molecular complexity index is 1060. The Hall–Kier alpha value is -2.75. The van der Waals surface area contributed by atoms with Crippen molar-refractivity contribution in [3.8, 4) is 0 Å². The zero-order chi connectivity index (χ0) is 19.1. The molecule has 0 saturated carbocycles. The number of pyridine rings is 1. The average molecular weight is 378 g/mol. The maximum atomic E-state index is 12.4. The minimum absolute atomic E-state index is 0.00685. The van der Waals surface area contributed by atoms with E-state index < -0.39 is 27.8 Å². The Morgan fingerprint density at radius 1 is 1.23 bits per heavy atom. The minimum atomic E-state index is -3.24. The highest BCUT2D eigenvalue weighted by Crippen LogP contribution is 2.14. The van der Waals surface area contributed by atoms with Gasteiger partial charge in [-0.2, -0.15) is 0 Å². The lowest BCUT2D eigenvalue weighted by Gasteiger charge is -2.13. The van der Waals surface area contributed by atoms with E-state index in [9.17, 15) is 22.8 Å². The predicted molar refractivity (Wildman–Crippen MR) is 93.4 cm³/mol. The zero-order valence-corrected chi connectivity index (χ0v) is 15.1. The normalized spacial score (nSPS) is 17.8. The van der Waals surface area contributed by atoms with Crippen LogP contribution in [0.25, 0.3) is 5.65 Å². The molecule has 1 aliphatic heterocycles. The summed E-state index contributed by atoms with van der Waals surface area (Å²) in [6.45, 7) is 1.71. The number of carbonyl (C=O) groups is 2. The number of sulfone groups is 1. The number of amides is 3. The van der Waals surface area contributed by atoms with E-state index in [1.807, 2.05) is 6.92 Å². The molecule has 0 unspecified atom stereocenters. The van der Waals surface area contributed by atoms with Crippen molar-refractivity contribution < 1.29 is 18.0 Å². The van der Waals surface area contributed by atoms with Gasteiger partial charge in [-0.05, 0) is 31.0 Å². The van der Waals surface area contributed by atoms with E-state index in [4.69, 9.17) is 0 Å². The maximum Gasteiger partial charge on any atom is 0.325 e. The molecule has 9 nitrogen and oxygen atoms in total. The number of nitrogens with zero attached hydrogens (tertiary/aromatic N) is 3. The summed E-state index contributed by atoms with van der Waals surface area (Å²) in [4.78, 5) is 41.9. The van der Waals surface area contributed by atoms with Crippen molar-refractivity contribution in [1.82, 2.24) is 19.6 Å². The van der Waals surface area contributed by atoms with Gasteiger partial charge in [0, 0.05) is 18.5 Å². The van der Waals surface area contributed by atoms with E-state index in [1.165, 1.54) is 10.5 Å². The molecule has 1 N–H and O–H groups in total. The molecule has 26 heavy (non-hydrogen) atoms. The maximum absolute atomic E-state index is 12.4. The van der Waals surface area contributed by atoms with E-state index in [0.717, 1.165) is 16.7 Å². The van der Waals surface area contributed by atoms with Gasteiger partial charge in [-0.1, -0.05) is 0 Å². The third kappa shape index (κ3) is 3.74. The largest absolute Gasteiger partial charge is 0.326 e. The van der Waals surface area contributed by atoms with Crippen LogP contribution in [0.3, 0.4) is 0 Å². The topological polar surface area (TPSA) is 118 Å². The van der Waals surface area contributed by atoms with Crippen LogP contribution in [0, 0.1) is 6.92 Å². The quantitative estimate of drug-likeness (QED) is 0.724. The number of aromatic nitrogens is 2. The number of fused-ring (bicyclic) bond motifs is 1. The Labute approximate surface area is 149 Å². The highest BCUT2D eigenvalue weighted by molar-refractivity contribution is 7.90. The molecule has 2 aromatic rings. The monoisotopic (exact) mass is 378 g/mol. The van der Waals surface area contributed by atoms with Crippen molar-refractivity contribution in [2.24, 2.45) is 0 Å². The van der Waals surface area contributed by atoms with Crippen LogP contribution < -0.4 is 10.9 Å². The van der Waals surface area contributed by atoms with Gasteiger partial charge in [0.05, 0.1) is 18.0 Å². The summed E-state index contributed by atoms with van der Waals surface area (Å²) in [6, 6.07) is 3.26. The molecule has 2 aromatic heterocycles. The molecule has 3 rings (SSSR count). The second-order valence-corrected chi connectivity index (χ2v) is 8.62. The van der Waals surface area contributed by atoms with Crippen molar-refractivity contribution in [3.63, 3.8) is 0 Å². The Balaban J connectivity index is 1.82. The number of carbonyl (C=O) groups excluding carboxylic acids is 2. The fourth-order valence-electron chi connectivity index (χ4n) is 2.75. The third-order valence-electron chi connectivity index (χ3n) is 4.08. The Kier molecular flexibility index (Phi) is 4.53. The standard InChI is InChI=1S/C16H18N4O5S/c1-10-3-5-19-13(7-10)17-11(8-14(19)21)9-20-15(22)12(18-16(20)23)4-6-26(2,24)25/h3,5,7-8,12H,4,6,9H2,1-2H3,(H,18,23)/t12-/m1/s1. The van der Waals surface area contributed by atoms with E-state index >= 15 is 0 Å². The number of aryl methyl sites for hydroxylation is 1. The highest BCUT2D eigenvalue weighted by Gasteiger charge is 2.38. The van der Waals surface area contributed by atoms with Crippen LogP contribution in [0.4, 0.5) is 4.79 Å². The van der Waals surface area contributed by atoms with Crippen molar-refractivity contribution in [2.45, 2.75) is 25.9 Å². The lowest BCUT2D eigenvalue weighted by Crippen LogP contribution is -2.32. The molecule has 0 spiro atoms. The van der Waals surface area contributed by atoms with E-state index in [-0.39, 0.29) is 30.0 Å². The summed E-state index contributed by atoms with van der Waals surface area (Å²) in [5.74, 6) is -0.725. The van der Waals surface area contributed by atoms with Crippen LogP contribution in [-0.2, 0) is 21.2 Å². The number of hydrogen-bond donors (Lipinski definition) is 1. The van der Waals surface area contributed by atoms with Crippen molar-refractivity contribution >= 4 is 27.4 Å². The number of imide groups is 1. The summed E-state index contributed by atoms with van der Waals surface area (Å²) >= 11 is 0. The predicted octanol–water partition coefficient (Wildman–Crippen LogP) is -0.142. The first-order valence-electron chi connectivity index (χ1n) is 7.92. The molecule has 10 heteroatoms. The van der Waals surface area contributed by atoms with Gasteiger partial charge in [-0.25, -0.2) is 18.2 Å². The van der Waals surface area contributed by atoms with Gasteiger partial charge < -0.3 is 5.32 Å². The molecule has 0 bridgehead atoms. The SMILES string of the molecule is Cc1ccn2c(=O)cc(CN3C(=O)N[C@H](CCS(C)(=O)=O)C3=O)nc2c1. The molecule has 1 atom stereocenters. The number of rotatable bonds is 5. The summed E-state index contributed by atoms with van der Waals surface area (Å²) < 4.78 is 23.9. The molecule has 1 aliphatic rings. The zero-order valence-electron chi connectivity index (χ0n) is 14.3. The highest BCUT2D eigenvalue weighted by atomic mass is 32.2. The second kappa shape index (κ2) is 6.52. The molecule has 0 aliphatic carbocycles. The summed E-state index contributed by atoms with van der Waals surface area (Å²) in [5, 5.41) is 2.47. The molecular formula is C16H18N4O5S. The van der Waals surface area contributed by atoms with E-state index in [0.29, 0.717) is 5.65 Å². The van der Waals surface area contributed by atoms with Gasteiger partial charge in [0.15, 0.2) is 0 Å². The molecule has 1 saturated heterocycles. The van der Waals surface area contributed by atoms with Gasteiger partial charge in [0.1, 0.15) is 21.5 Å². The smallest absolute Gasteiger partial charge is 0.325 e. The molecule has 0 radical (unpaired) electrons. The molecular weight excluding hydrogens is 360 g/mol. The first-order valence-corrected chi connectivity index (χ1v) is 9.99. The molecule has 3 heterocycles. The van der Waals surface area contributed by atoms with Crippen LogP contribution in [0.15, 0.2) is 29.2 Å². The van der Waals surface area contributed by atoms with E-state index in [1.54, 1.807) is 18.3 Å². The van der Waals surface area contributed by atoms with Crippen molar-refractivity contribution in [2.75, 3.05) is 12.0 Å². The molecule has 3 amide bonds. The lowest BCUT2D eigenvalue weighted by atomic mass is 10.2. The first kappa shape index (κ1) is 18.1. The van der Waals surface area contributed by atoms with Crippen molar-refractivity contribution in [1.29, 1.82) is 0 Å². The van der Waals surface area contributed by atoms with Gasteiger partial charge in [0.2, 0.25) is 0 Å². The summed E-state index contributed by atoms with van der Waals surface area (Å²) in [6.07, 6.45) is 2.69. The van der Waals surface area contributed by atoms with Crippen LogP contribution in [-0.4, -0.2) is 52.7 Å². The van der Waals surface area contributed by atoms with Gasteiger partial charge in [0.25, 0.3) is 11.5 Å². The lowest BCUT2D eigenvalue weighted by molar-refractivity contribution is -0.127. The van der Waals surface area contributed by atoms with Crippen LogP contribution >= 0.6 is 0 Å². The second-order valence-electron chi connectivity index (χ2n) is 6.36. The van der Waals surface area contributed by atoms with Gasteiger partial charge in [-0.3, -0.25) is 18.9 Å². The average Bonchev–Trinajstić information content (AvgIpc) is 2.79. The summed E-state index contributed by atoms with van der Waals surface area (Å²) in [7, 11) is -3.24. The molecule has 138 valence electrons. The van der Waals surface area contributed by atoms with Crippen molar-refractivity contribution in [3.05, 3.63) is 46.0 Å². The fraction of sp³-hybridized carbons (Fsp3) is 0.375. The third-order valence-corrected chi connectivity index (χ3v) is 5.06. The van der Waals surface area contributed by atoms with Gasteiger partial charge in [-0.15, -0.1) is 0 Å². The number of urea groups is 1. The first-order chi connectivity index (χ1) is 12.1. The Morgan fingerprint density at radius 3 is 2.65 bits per heavy atom. The number of hydrogen-bond acceptors (Lipinski definition) is 6. The fourth-order valence-corrected chi connectivity index (χ4v) is 3.41. The van der Waals surface area contributed by atoms with E-state index in [2.05, 4.69) is 10.3 Å². The Morgan fingerprint density at radius 2 is 1.96 bits per heavy atom. The van der Waals surface area contributed by atoms with Crippen LogP contribution in [0.5, 0.6) is 0 Å². The van der Waals surface area contributed by atoms with Gasteiger partial charge >= 0.3 is 6.03 Å². The van der Waals surface area contributed by atoms with Crippen LogP contribution in [0.1, 0.15) is 17.7 Å². The van der Waals surface area contributed by atoms with Crippen LogP contribution in [0.2, 0.25) is 0 Å². The number of nitrogens with one attached hydrogen (secondary N) is 1. The summed E-state index contributed by atoms with van der Waals surface area (Å²) in [5.41, 5.74) is 1.32. The molecule has 0 aromatic carbocycles.